The molecule has 3 heterocycles. The highest BCUT2D eigenvalue weighted by Crippen LogP contribution is 2.50. The first kappa shape index (κ1) is 17.5. The molecule has 35 heavy (non-hydrogen) atoms. The number of benzene rings is 1. The van der Waals surface area contributed by atoms with E-state index < -0.39 is 42.6 Å². The van der Waals surface area contributed by atoms with Crippen LogP contribution < -0.4 is 4.90 Å². The number of carbonyl (C=O) groups is 1. The molecule has 1 unspecified atom stereocenters. The standard InChI is InChI=1S/C25H30F3N5O2/c1-17-12-32(22-11-29-21(10-30-22)25(26,27)28)13-18(2)33(17)23(34)35-20-8-24(9-20)15-31(16-24)14-19-6-4-3-5-7-19/h3-7,10-11,17-18,20H,8-9,12-16H2,1-2H3/t17-,18+/i3D,4D,5D,6D,7D,14D/t14?,17-,18+. The van der Waals surface area contributed by atoms with Crippen LogP contribution in [0.4, 0.5) is 23.8 Å². The first-order valence-corrected chi connectivity index (χ1v) is 11.5. The Morgan fingerprint density at radius 2 is 1.80 bits per heavy atom. The van der Waals surface area contributed by atoms with Crippen LogP contribution in [-0.4, -0.2) is 70.2 Å². The predicted octanol–water partition coefficient (Wildman–Crippen LogP) is 4.20. The molecule has 1 amide bonds. The van der Waals surface area contributed by atoms with E-state index in [1.54, 1.807) is 14.7 Å². The molecule has 1 spiro atoms. The van der Waals surface area contributed by atoms with E-state index in [1.807, 2.05) is 13.8 Å². The predicted molar refractivity (Wildman–Crippen MR) is 124 cm³/mol. The molecule has 10 heteroatoms. The largest absolute Gasteiger partial charge is 0.446 e. The van der Waals surface area contributed by atoms with Crippen LogP contribution in [0, 0.1) is 5.41 Å². The van der Waals surface area contributed by atoms with Crippen molar-refractivity contribution in [2.75, 3.05) is 31.1 Å². The zero-order valence-electron chi connectivity index (χ0n) is 25.4. The van der Waals surface area contributed by atoms with Crippen LogP contribution >= 0.6 is 0 Å². The quantitative estimate of drug-likeness (QED) is 0.634. The van der Waals surface area contributed by atoms with Crippen LogP contribution in [-0.2, 0) is 17.4 Å². The lowest BCUT2D eigenvalue weighted by Gasteiger charge is -2.58. The Morgan fingerprint density at radius 3 is 2.37 bits per heavy atom. The lowest BCUT2D eigenvalue weighted by atomic mass is 9.61. The van der Waals surface area contributed by atoms with E-state index in [4.69, 9.17) is 13.0 Å². The van der Waals surface area contributed by atoms with Crippen molar-refractivity contribution < 1.29 is 30.9 Å². The van der Waals surface area contributed by atoms with Gasteiger partial charge in [0.05, 0.1) is 31.3 Å². The summed E-state index contributed by atoms with van der Waals surface area (Å²) in [6.07, 6.45) is -2.33. The maximum Gasteiger partial charge on any atom is 0.434 e. The molecule has 1 saturated carbocycles. The van der Waals surface area contributed by atoms with Crippen molar-refractivity contribution >= 4 is 11.9 Å². The lowest BCUT2D eigenvalue weighted by Crippen LogP contribution is -2.65. The second-order valence-electron chi connectivity index (χ2n) is 9.75. The molecule has 188 valence electrons. The Hall–Kier alpha value is -2.88. The van der Waals surface area contributed by atoms with Crippen molar-refractivity contribution in [3.05, 3.63) is 53.9 Å². The Labute approximate surface area is 211 Å². The molecule has 0 radical (unpaired) electrons. The van der Waals surface area contributed by atoms with Gasteiger partial charge in [0, 0.05) is 39.5 Å². The van der Waals surface area contributed by atoms with Gasteiger partial charge in [0.2, 0.25) is 0 Å². The third-order valence-corrected chi connectivity index (χ3v) is 6.88. The molecule has 1 aromatic heterocycles. The van der Waals surface area contributed by atoms with E-state index >= 15 is 0 Å². The number of likely N-dealkylation sites (tertiary alicyclic amines) is 1. The molecule has 7 nitrogen and oxygen atoms in total. The third kappa shape index (κ3) is 4.94. The number of alkyl halides is 3. The summed E-state index contributed by atoms with van der Waals surface area (Å²) in [6, 6.07) is -2.72. The molecular weight excluding hydrogens is 459 g/mol. The van der Waals surface area contributed by atoms with Crippen LogP contribution in [0.2, 0.25) is 0 Å². The summed E-state index contributed by atoms with van der Waals surface area (Å²) in [7, 11) is 0. The summed E-state index contributed by atoms with van der Waals surface area (Å²) in [4.78, 5) is 25.6. The molecule has 1 aliphatic carbocycles. The zero-order valence-corrected chi connectivity index (χ0v) is 19.4. The van der Waals surface area contributed by atoms with Gasteiger partial charge in [0.1, 0.15) is 11.9 Å². The van der Waals surface area contributed by atoms with Crippen molar-refractivity contribution in [2.24, 2.45) is 5.41 Å². The SMILES string of the molecule is [2H]c1c([2H])c([2H])c(C([2H])N2CC3(CC(OC(=O)N4[C@H](C)CN(c5cnc(C(F)(F)F)cn5)C[C@@H]4C)C3)C2)c([2H])c1[2H]. The Balaban J connectivity index is 1.13. The molecule has 2 aliphatic heterocycles. The second kappa shape index (κ2) is 8.96. The first-order chi connectivity index (χ1) is 19.1. The fraction of sp³-hybridized carbons (Fsp3) is 0.560. The normalized spacial score (nSPS) is 28.0. The minimum Gasteiger partial charge on any atom is -0.446 e. The van der Waals surface area contributed by atoms with E-state index in [-0.39, 0.29) is 41.3 Å². The van der Waals surface area contributed by atoms with Crippen molar-refractivity contribution in [3.8, 4) is 0 Å². The van der Waals surface area contributed by atoms with Gasteiger partial charge in [-0.3, -0.25) is 9.80 Å². The summed E-state index contributed by atoms with van der Waals surface area (Å²) < 4.78 is 92.4. The summed E-state index contributed by atoms with van der Waals surface area (Å²) in [5.41, 5.74) is -1.25. The average Bonchev–Trinajstić information content (AvgIpc) is 2.86. The van der Waals surface area contributed by atoms with Gasteiger partial charge in [-0.2, -0.15) is 13.2 Å². The minimum atomic E-state index is -4.57. The smallest absolute Gasteiger partial charge is 0.434 e. The van der Waals surface area contributed by atoms with Gasteiger partial charge in [-0.05, 0) is 32.3 Å². The van der Waals surface area contributed by atoms with E-state index in [9.17, 15) is 18.0 Å². The maximum atomic E-state index is 13.1. The van der Waals surface area contributed by atoms with Gasteiger partial charge in [-0.1, -0.05) is 30.2 Å². The highest BCUT2D eigenvalue weighted by molar-refractivity contribution is 5.69. The number of rotatable bonds is 4. The molecule has 3 aliphatic rings. The molecule has 5 rings (SSSR count). The molecule has 3 fully saturated rings. The highest BCUT2D eigenvalue weighted by atomic mass is 19.4. The van der Waals surface area contributed by atoms with Gasteiger partial charge in [0.15, 0.2) is 5.69 Å². The third-order valence-electron chi connectivity index (χ3n) is 6.88. The van der Waals surface area contributed by atoms with Crippen LogP contribution in [0.25, 0.3) is 0 Å². The van der Waals surface area contributed by atoms with Gasteiger partial charge < -0.3 is 9.64 Å². The van der Waals surface area contributed by atoms with Crippen molar-refractivity contribution in [1.82, 2.24) is 19.8 Å². The van der Waals surface area contributed by atoms with Crippen LogP contribution in [0.1, 0.15) is 46.2 Å². The van der Waals surface area contributed by atoms with Gasteiger partial charge in [0.25, 0.3) is 0 Å². The van der Waals surface area contributed by atoms with E-state index in [2.05, 4.69) is 9.97 Å². The Kier molecular flexibility index (Phi) is 4.49. The molecule has 0 N–H and O–H groups in total. The molecule has 2 saturated heterocycles. The van der Waals surface area contributed by atoms with Gasteiger partial charge >= 0.3 is 12.3 Å². The highest BCUT2D eigenvalue weighted by Gasteiger charge is 2.54. The summed E-state index contributed by atoms with van der Waals surface area (Å²) in [5, 5.41) is 0. The van der Waals surface area contributed by atoms with Crippen LogP contribution in [0.5, 0.6) is 0 Å². The monoisotopic (exact) mass is 495 g/mol. The second-order valence-corrected chi connectivity index (χ2v) is 9.75. The molecular formula is C25H30F3N5O2. The maximum absolute atomic E-state index is 13.1. The fourth-order valence-corrected chi connectivity index (χ4v) is 5.37. The number of hydrogen-bond donors (Lipinski definition) is 0. The number of piperazine rings is 1. The number of carbonyl (C=O) groups excluding carboxylic acids is 1. The first-order valence-electron chi connectivity index (χ1n) is 14.6. The number of halogens is 3. The van der Waals surface area contributed by atoms with E-state index in [0.29, 0.717) is 51.0 Å². The molecule has 3 atom stereocenters. The number of amides is 1. The Morgan fingerprint density at radius 1 is 1.14 bits per heavy atom. The van der Waals surface area contributed by atoms with Crippen LogP contribution in [0.3, 0.4) is 0 Å². The molecule has 2 aromatic rings. The van der Waals surface area contributed by atoms with Gasteiger partial charge in [-0.15, -0.1) is 0 Å². The average molecular weight is 496 g/mol. The zero-order chi connectivity index (χ0) is 30.0. The van der Waals surface area contributed by atoms with Crippen molar-refractivity contribution in [3.63, 3.8) is 0 Å². The van der Waals surface area contributed by atoms with E-state index in [0.717, 1.165) is 6.20 Å². The number of aromatic nitrogens is 2. The topological polar surface area (TPSA) is 61.8 Å². The number of hydrogen-bond acceptors (Lipinski definition) is 6. The van der Waals surface area contributed by atoms with Crippen LogP contribution in [0.15, 0.2) is 42.6 Å². The van der Waals surface area contributed by atoms with Gasteiger partial charge in [-0.25, -0.2) is 14.8 Å². The summed E-state index contributed by atoms with van der Waals surface area (Å²) in [5.74, 6) is 0.302. The summed E-state index contributed by atoms with van der Waals surface area (Å²) in [6.45, 7) is 4.27. The van der Waals surface area contributed by atoms with Crippen molar-refractivity contribution in [1.29, 1.82) is 0 Å². The Bertz CT molecular complexity index is 1300. The van der Waals surface area contributed by atoms with Crippen molar-refractivity contribution in [2.45, 2.75) is 57.6 Å². The minimum absolute atomic E-state index is 0.0439. The lowest BCUT2D eigenvalue weighted by molar-refractivity contribution is -0.141. The van der Waals surface area contributed by atoms with E-state index in [1.165, 1.54) is 0 Å². The molecule has 1 aromatic carbocycles. The summed E-state index contributed by atoms with van der Waals surface area (Å²) >= 11 is 0. The number of nitrogens with zero attached hydrogens (tertiary/aromatic N) is 5. The molecule has 0 bridgehead atoms. The number of anilines is 1. The fourth-order valence-electron chi connectivity index (χ4n) is 5.37. The number of ether oxygens (including phenoxy) is 1.